The second-order valence-electron chi connectivity index (χ2n) is 3.74. The molecule has 7 heteroatoms. The van der Waals surface area contributed by atoms with Crippen molar-refractivity contribution >= 4 is 17.5 Å². The molecule has 6 nitrogen and oxygen atoms in total. The number of hydrogen-bond acceptors (Lipinski definition) is 6. The van der Waals surface area contributed by atoms with Gasteiger partial charge in [0.15, 0.2) is 0 Å². The fourth-order valence-corrected chi connectivity index (χ4v) is 1.62. The summed E-state index contributed by atoms with van der Waals surface area (Å²) >= 11 is 5.69. The highest BCUT2D eigenvalue weighted by atomic mass is 35.5. The second kappa shape index (κ2) is 3.46. The normalized spacial score (nSPS) is 18.5. The van der Waals surface area contributed by atoms with Crippen molar-refractivity contribution in [3.63, 3.8) is 0 Å². The Morgan fingerprint density at radius 2 is 2.07 bits per heavy atom. The Morgan fingerprint density at radius 3 is 2.60 bits per heavy atom. The van der Waals surface area contributed by atoms with Gasteiger partial charge in [-0.05, 0) is 18.5 Å². The fourth-order valence-electron chi connectivity index (χ4n) is 1.47. The van der Waals surface area contributed by atoms with E-state index in [1.807, 2.05) is 0 Å². The quantitative estimate of drug-likeness (QED) is 0.777. The summed E-state index contributed by atoms with van der Waals surface area (Å²) in [5.74, 6) is 0.429. The Balaban J connectivity index is 2.19. The molecule has 1 aliphatic rings. The summed E-state index contributed by atoms with van der Waals surface area (Å²) in [6.07, 6.45) is 0. The zero-order chi connectivity index (χ0) is 11.1. The molecule has 0 aliphatic carbocycles. The monoisotopic (exact) mass is 230 g/mol. The number of aliphatic hydroxyl groups is 1. The number of aromatic nitrogens is 3. The van der Waals surface area contributed by atoms with Crippen LogP contribution in [-0.2, 0) is 0 Å². The number of hydrogen-bond donors (Lipinski definition) is 1. The summed E-state index contributed by atoms with van der Waals surface area (Å²) in [7, 11) is 1.46. The molecule has 15 heavy (non-hydrogen) atoms. The van der Waals surface area contributed by atoms with Gasteiger partial charge in [0.25, 0.3) is 0 Å². The van der Waals surface area contributed by atoms with Crippen molar-refractivity contribution < 1.29 is 9.84 Å². The number of nitrogens with zero attached hydrogens (tertiary/aromatic N) is 4. The van der Waals surface area contributed by atoms with E-state index in [4.69, 9.17) is 16.3 Å². The SMILES string of the molecule is COc1nc(Cl)nc(N2CC(C)(O)C2)n1. The van der Waals surface area contributed by atoms with Gasteiger partial charge in [0.1, 0.15) is 0 Å². The third-order valence-electron chi connectivity index (χ3n) is 2.10. The third-order valence-corrected chi connectivity index (χ3v) is 2.27. The van der Waals surface area contributed by atoms with Crippen molar-refractivity contribution in [2.75, 3.05) is 25.1 Å². The molecule has 1 fully saturated rings. The second-order valence-corrected chi connectivity index (χ2v) is 4.08. The van der Waals surface area contributed by atoms with E-state index in [2.05, 4.69) is 15.0 Å². The number of methoxy groups -OCH3 is 1. The van der Waals surface area contributed by atoms with Gasteiger partial charge in [-0.3, -0.25) is 0 Å². The number of ether oxygens (including phenoxy) is 1. The molecular weight excluding hydrogens is 220 g/mol. The van der Waals surface area contributed by atoms with Crippen LogP contribution in [0, 0.1) is 0 Å². The number of rotatable bonds is 2. The first-order chi connectivity index (χ1) is 7.00. The lowest BCUT2D eigenvalue weighted by Gasteiger charge is -2.43. The van der Waals surface area contributed by atoms with Gasteiger partial charge in [0.05, 0.1) is 25.8 Å². The molecule has 2 heterocycles. The van der Waals surface area contributed by atoms with Crippen molar-refractivity contribution in [1.82, 2.24) is 15.0 Å². The Kier molecular flexibility index (Phi) is 2.40. The molecule has 1 aromatic heterocycles. The molecule has 0 unspecified atom stereocenters. The zero-order valence-corrected chi connectivity index (χ0v) is 9.19. The first-order valence-electron chi connectivity index (χ1n) is 4.43. The topological polar surface area (TPSA) is 71.4 Å². The molecule has 1 N–H and O–H groups in total. The van der Waals surface area contributed by atoms with Gasteiger partial charge in [0.2, 0.25) is 11.2 Å². The summed E-state index contributed by atoms with van der Waals surface area (Å²) < 4.78 is 4.87. The van der Waals surface area contributed by atoms with Gasteiger partial charge >= 0.3 is 6.01 Å². The van der Waals surface area contributed by atoms with Crippen LogP contribution in [-0.4, -0.2) is 45.9 Å². The molecule has 2 rings (SSSR count). The van der Waals surface area contributed by atoms with Crippen LogP contribution < -0.4 is 9.64 Å². The predicted molar refractivity (Wildman–Crippen MR) is 54.2 cm³/mol. The van der Waals surface area contributed by atoms with Crippen molar-refractivity contribution in [1.29, 1.82) is 0 Å². The van der Waals surface area contributed by atoms with Crippen molar-refractivity contribution in [3.05, 3.63) is 5.28 Å². The van der Waals surface area contributed by atoms with Crippen LogP contribution in [0.5, 0.6) is 6.01 Å². The number of β-amino-alcohol motifs (C(OH)–C–C–N with tert-alkyl or cyclic N) is 1. The summed E-state index contributed by atoms with van der Waals surface area (Å²) in [5.41, 5.74) is -0.674. The van der Waals surface area contributed by atoms with E-state index >= 15 is 0 Å². The van der Waals surface area contributed by atoms with Gasteiger partial charge < -0.3 is 14.7 Å². The van der Waals surface area contributed by atoms with Crippen LogP contribution in [0.4, 0.5) is 5.95 Å². The minimum absolute atomic E-state index is 0.0865. The van der Waals surface area contributed by atoms with Crippen LogP contribution >= 0.6 is 11.6 Å². The van der Waals surface area contributed by atoms with Gasteiger partial charge in [-0.2, -0.15) is 15.0 Å². The molecule has 0 radical (unpaired) electrons. The van der Waals surface area contributed by atoms with Gasteiger partial charge in [-0.1, -0.05) is 0 Å². The fraction of sp³-hybridized carbons (Fsp3) is 0.625. The maximum absolute atomic E-state index is 9.56. The standard InChI is InChI=1S/C8H11ClN4O2/c1-8(14)3-13(4-8)6-10-5(9)11-7(12-6)15-2/h14H,3-4H2,1-2H3. The van der Waals surface area contributed by atoms with Crippen molar-refractivity contribution in [3.8, 4) is 6.01 Å². The van der Waals surface area contributed by atoms with Crippen LogP contribution in [0.2, 0.25) is 5.28 Å². The van der Waals surface area contributed by atoms with E-state index < -0.39 is 5.60 Å². The summed E-state index contributed by atoms with van der Waals surface area (Å²) in [5, 5.41) is 9.65. The molecular formula is C8H11ClN4O2. The van der Waals surface area contributed by atoms with Crippen LogP contribution in [0.1, 0.15) is 6.92 Å². The van der Waals surface area contributed by atoms with Crippen LogP contribution in [0.25, 0.3) is 0 Å². The highest BCUT2D eigenvalue weighted by Crippen LogP contribution is 2.25. The lowest BCUT2D eigenvalue weighted by atomic mass is 9.98. The van der Waals surface area contributed by atoms with Crippen LogP contribution in [0.3, 0.4) is 0 Å². The summed E-state index contributed by atoms with van der Waals surface area (Å²) in [6, 6.07) is 0.177. The minimum atomic E-state index is -0.674. The van der Waals surface area contributed by atoms with E-state index in [1.54, 1.807) is 11.8 Å². The molecule has 0 bridgehead atoms. The van der Waals surface area contributed by atoms with E-state index in [0.717, 1.165) is 0 Å². The van der Waals surface area contributed by atoms with Gasteiger partial charge in [-0.15, -0.1) is 0 Å². The van der Waals surface area contributed by atoms with E-state index in [1.165, 1.54) is 7.11 Å². The Morgan fingerprint density at radius 1 is 1.40 bits per heavy atom. The first kappa shape index (κ1) is 10.4. The van der Waals surface area contributed by atoms with E-state index in [9.17, 15) is 5.11 Å². The average Bonchev–Trinajstić information content (AvgIpc) is 2.13. The lowest BCUT2D eigenvalue weighted by molar-refractivity contribution is 0.0298. The maximum Gasteiger partial charge on any atom is 0.322 e. The highest BCUT2D eigenvalue weighted by Gasteiger charge is 2.38. The largest absolute Gasteiger partial charge is 0.467 e. The summed E-state index contributed by atoms with van der Waals surface area (Å²) in [4.78, 5) is 13.5. The molecule has 0 spiro atoms. The molecule has 0 amide bonds. The van der Waals surface area contributed by atoms with Crippen LogP contribution in [0.15, 0.2) is 0 Å². The molecule has 1 saturated heterocycles. The van der Waals surface area contributed by atoms with Gasteiger partial charge in [0, 0.05) is 0 Å². The molecule has 0 saturated carbocycles. The van der Waals surface area contributed by atoms with E-state index in [0.29, 0.717) is 19.0 Å². The Bertz CT molecular complexity index is 377. The Hall–Kier alpha value is -1.14. The minimum Gasteiger partial charge on any atom is -0.467 e. The van der Waals surface area contributed by atoms with Gasteiger partial charge in [-0.25, -0.2) is 0 Å². The zero-order valence-electron chi connectivity index (χ0n) is 8.44. The van der Waals surface area contributed by atoms with Crippen molar-refractivity contribution in [2.24, 2.45) is 0 Å². The summed E-state index contributed by atoms with van der Waals surface area (Å²) in [6.45, 7) is 2.72. The first-order valence-corrected chi connectivity index (χ1v) is 4.81. The molecule has 1 aliphatic heterocycles. The molecule has 0 aromatic carbocycles. The number of anilines is 1. The van der Waals surface area contributed by atoms with E-state index in [-0.39, 0.29) is 11.3 Å². The highest BCUT2D eigenvalue weighted by molar-refractivity contribution is 6.28. The molecule has 1 aromatic rings. The van der Waals surface area contributed by atoms with Crippen molar-refractivity contribution in [2.45, 2.75) is 12.5 Å². The third kappa shape index (κ3) is 2.10. The lowest BCUT2D eigenvalue weighted by Crippen LogP contribution is -2.60. The number of halogens is 1. The maximum atomic E-state index is 9.56. The molecule has 82 valence electrons. The molecule has 0 atom stereocenters. The smallest absolute Gasteiger partial charge is 0.322 e. The predicted octanol–water partition coefficient (Wildman–Crippen LogP) is 0.105. The Labute approximate surface area is 91.9 Å². The average molecular weight is 231 g/mol.